The summed E-state index contributed by atoms with van der Waals surface area (Å²) in [6, 6.07) is 9.89. The molecule has 0 amide bonds. The zero-order valence-electron chi connectivity index (χ0n) is 13.4. The van der Waals surface area contributed by atoms with Crippen LogP contribution in [0.25, 0.3) is 0 Å². The van der Waals surface area contributed by atoms with Gasteiger partial charge in [0, 0.05) is 12.1 Å². The van der Waals surface area contributed by atoms with Crippen LogP contribution in [0, 0.1) is 5.92 Å². The molecule has 0 radical (unpaired) electrons. The van der Waals surface area contributed by atoms with E-state index in [9.17, 15) is 4.79 Å². The number of rotatable bonds is 6. The first kappa shape index (κ1) is 15.5. The Bertz CT molecular complexity index is 626. The van der Waals surface area contributed by atoms with E-state index in [2.05, 4.69) is 31.9 Å². The van der Waals surface area contributed by atoms with Crippen LogP contribution in [0.1, 0.15) is 55.0 Å². The summed E-state index contributed by atoms with van der Waals surface area (Å²) in [5.41, 5.74) is 3.63. The summed E-state index contributed by atoms with van der Waals surface area (Å²) in [6.07, 6.45) is 1.84. The van der Waals surface area contributed by atoms with Gasteiger partial charge in [0.05, 0.1) is 5.69 Å². The second-order valence-corrected chi connectivity index (χ2v) is 5.82. The van der Waals surface area contributed by atoms with E-state index in [1.807, 2.05) is 31.2 Å². The first-order valence-electron chi connectivity index (χ1n) is 7.75. The summed E-state index contributed by atoms with van der Waals surface area (Å²) in [5.74, 6) is 0.651. The molecule has 0 saturated carbocycles. The van der Waals surface area contributed by atoms with Gasteiger partial charge in [-0.3, -0.25) is 9.48 Å². The Labute approximate surface area is 127 Å². The summed E-state index contributed by atoms with van der Waals surface area (Å²) in [7, 11) is 0. The van der Waals surface area contributed by atoms with Gasteiger partial charge in [-0.1, -0.05) is 39.0 Å². The lowest BCUT2D eigenvalue weighted by molar-refractivity contribution is 0.102. The molecule has 2 aromatic rings. The molecule has 1 aromatic carbocycles. The maximum absolute atomic E-state index is 12.7. The fourth-order valence-electron chi connectivity index (χ4n) is 2.53. The fourth-order valence-corrected chi connectivity index (χ4v) is 2.53. The normalized spacial score (nSPS) is 11.1. The summed E-state index contributed by atoms with van der Waals surface area (Å²) < 4.78 is 1.80. The second kappa shape index (κ2) is 6.70. The molecule has 0 fully saturated rings. The van der Waals surface area contributed by atoms with Gasteiger partial charge in [0.15, 0.2) is 0 Å². The van der Waals surface area contributed by atoms with E-state index in [-0.39, 0.29) is 5.78 Å². The largest absolute Gasteiger partial charge is 0.287 e. The van der Waals surface area contributed by atoms with Crippen molar-refractivity contribution in [2.45, 2.75) is 47.1 Å². The summed E-state index contributed by atoms with van der Waals surface area (Å²) >= 11 is 0. The van der Waals surface area contributed by atoms with Crippen LogP contribution in [0.4, 0.5) is 0 Å². The van der Waals surface area contributed by atoms with Gasteiger partial charge in [0.2, 0.25) is 5.78 Å². The SMILES string of the molecule is CCc1cc(C(=O)c2cccc(CC(C)C)c2)n(CC)n1. The first-order chi connectivity index (χ1) is 10.0. The van der Waals surface area contributed by atoms with Crippen LogP contribution < -0.4 is 0 Å². The molecule has 0 aliphatic rings. The Kier molecular flexibility index (Phi) is 4.94. The molecule has 0 unspecified atom stereocenters. The lowest BCUT2D eigenvalue weighted by Gasteiger charge is -2.08. The summed E-state index contributed by atoms with van der Waals surface area (Å²) in [6.45, 7) is 9.16. The van der Waals surface area contributed by atoms with Gasteiger partial charge in [-0.15, -0.1) is 0 Å². The Hall–Kier alpha value is -1.90. The average Bonchev–Trinajstić information content (AvgIpc) is 2.89. The van der Waals surface area contributed by atoms with Crippen molar-refractivity contribution >= 4 is 5.78 Å². The quantitative estimate of drug-likeness (QED) is 0.754. The van der Waals surface area contributed by atoms with Crippen molar-refractivity contribution in [3.8, 4) is 0 Å². The molecule has 0 spiro atoms. The Morgan fingerprint density at radius 2 is 2.00 bits per heavy atom. The monoisotopic (exact) mass is 284 g/mol. The molecule has 1 heterocycles. The highest BCUT2D eigenvalue weighted by atomic mass is 16.1. The van der Waals surface area contributed by atoms with Gasteiger partial charge in [0.25, 0.3) is 0 Å². The van der Waals surface area contributed by atoms with Crippen molar-refractivity contribution in [1.82, 2.24) is 9.78 Å². The van der Waals surface area contributed by atoms with E-state index in [1.54, 1.807) is 4.68 Å². The molecule has 1 aromatic heterocycles. The molecule has 0 bridgehead atoms. The van der Waals surface area contributed by atoms with E-state index in [4.69, 9.17) is 0 Å². The van der Waals surface area contributed by atoms with Gasteiger partial charge in [-0.25, -0.2) is 0 Å². The van der Waals surface area contributed by atoms with Crippen molar-refractivity contribution in [2.75, 3.05) is 0 Å². The number of carbonyl (C=O) groups excluding carboxylic acids is 1. The highest BCUT2D eigenvalue weighted by Gasteiger charge is 2.16. The molecule has 3 heteroatoms. The molecule has 2 rings (SSSR count). The number of aromatic nitrogens is 2. The molecule has 0 atom stereocenters. The highest BCUT2D eigenvalue weighted by Crippen LogP contribution is 2.16. The third-order valence-corrected chi connectivity index (χ3v) is 3.56. The fraction of sp³-hybridized carbons (Fsp3) is 0.444. The molecule has 0 N–H and O–H groups in total. The molecule has 112 valence electrons. The number of carbonyl (C=O) groups is 1. The van der Waals surface area contributed by atoms with E-state index in [0.717, 1.165) is 24.1 Å². The molecular formula is C18H24N2O. The highest BCUT2D eigenvalue weighted by molar-refractivity contribution is 6.08. The van der Waals surface area contributed by atoms with Crippen LogP contribution in [0.15, 0.2) is 30.3 Å². The van der Waals surface area contributed by atoms with Gasteiger partial charge in [-0.05, 0) is 43.4 Å². The van der Waals surface area contributed by atoms with E-state index >= 15 is 0 Å². The molecule has 21 heavy (non-hydrogen) atoms. The minimum absolute atomic E-state index is 0.0645. The van der Waals surface area contributed by atoms with Crippen LogP contribution in [0.3, 0.4) is 0 Å². The smallest absolute Gasteiger partial charge is 0.211 e. The molecule has 0 aliphatic heterocycles. The van der Waals surface area contributed by atoms with E-state index < -0.39 is 0 Å². The van der Waals surface area contributed by atoms with Crippen LogP contribution in [-0.4, -0.2) is 15.6 Å². The van der Waals surface area contributed by atoms with Crippen molar-refractivity contribution in [2.24, 2.45) is 5.92 Å². The summed E-state index contributed by atoms with van der Waals surface area (Å²) in [5, 5.41) is 4.46. The minimum Gasteiger partial charge on any atom is -0.287 e. The Morgan fingerprint density at radius 1 is 1.24 bits per heavy atom. The van der Waals surface area contributed by atoms with Crippen molar-refractivity contribution < 1.29 is 4.79 Å². The van der Waals surface area contributed by atoms with Crippen molar-refractivity contribution in [1.29, 1.82) is 0 Å². The third-order valence-electron chi connectivity index (χ3n) is 3.56. The van der Waals surface area contributed by atoms with Gasteiger partial charge >= 0.3 is 0 Å². The zero-order chi connectivity index (χ0) is 15.4. The standard InChI is InChI=1S/C18H24N2O/c1-5-16-12-17(20(6-2)19-16)18(21)15-9-7-8-14(11-15)10-13(3)4/h7-9,11-13H,5-6,10H2,1-4H3. The van der Waals surface area contributed by atoms with Crippen LogP contribution in [0.5, 0.6) is 0 Å². The van der Waals surface area contributed by atoms with Gasteiger partial charge < -0.3 is 0 Å². The zero-order valence-corrected chi connectivity index (χ0v) is 13.4. The summed E-state index contributed by atoms with van der Waals surface area (Å²) in [4.78, 5) is 12.7. The predicted molar refractivity (Wildman–Crippen MR) is 85.7 cm³/mol. The van der Waals surface area contributed by atoms with E-state index in [1.165, 1.54) is 5.56 Å². The average molecular weight is 284 g/mol. The molecular weight excluding hydrogens is 260 g/mol. The first-order valence-corrected chi connectivity index (χ1v) is 7.75. The topological polar surface area (TPSA) is 34.9 Å². The van der Waals surface area contributed by atoms with Gasteiger partial charge in [0.1, 0.15) is 5.69 Å². The molecule has 0 aliphatic carbocycles. The Balaban J connectivity index is 2.33. The molecule has 0 saturated heterocycles. The predicted octanol–water partition coefficient (Wildman–Crippen LogP) is 3.89. The van der Waals surface area contributed by atoms with Crippen LogP contribution in [0.2, 0.25) is 0 Å². The number of ketones is 1. The van der Waals surface area contributed by atoms with Gasteiger partial charge in [-0.2, -0.15) is 5.10 Å². The molecule has 3 nitrogen and oxygen atoms in total. The van der Waals surface area contributed by atoms with Crippen LogP contribution in [-0.2, 0) is 19.4 Å². The maximum atomic E-state index is 12.7. The number of hydrogen-bond donors (Lipinski definition) is 0. The van der Waals surface area contributed by atoms with Crippen molar-refractivity contribution in [3.05, 3.63) is 52.8 Å². The number of benzene rings is 1. The lowest BCUT2D eigenvalue weighted by Crippen LogP contribution is -2.11. The number of nitrogens with zero attached hydrogens (tertiary/aromatic N) is 2. The van der Waals surface area contributed by atoms with Crippen molar-refractivity contribution in [3.63, 3.8) is 0 Å². The minimum atomic E-state index is 0.0645. The lowest BCUT2D eigenvalue weighted by atomic mass is 9.99. The third kappa shape index (κ3) is 3.60. The Morgan fingerprint density at radius 3 is 2.62 bits per heavy atom. The van der Waals surface area contributed by atoms with E-state index in [0.29, 0.717) is 18.2 Å². The number of hydrogen-bond acceptors (Lipinski definition) is 2. The van der Waals surface area contributed by atoms with Crippen LogP contribution >= 0.6 is 0 Å². The number of aryl methyl sites for hydroxylation is 2. The second-order valence-electron chi connectivity index (χ2n) is 5.82. The maximum Gasteiger partial charge on any atom is 0.211 e.